The van der Waals surface area contributed by atoms with Crippen molar-refractivity contribution in [1.29, 1.82) is 0 Å². The molecule has 1 fully saturated rings. The first-order valence-corrected chi connectivity index (χ1v) is 9.60. The Morgan fingerprint density at radius 1 is 1.33 bits per heavy atom. The maximum Gasteiger partial charge on any atom is 0.471 e. The van der Waals surface area contributed by atoms with Crippen LogP contribution in [0.15, 0.2) is 22.9 Å². The van der Waals surface area contributed by atoms with Gasteiger partial charge in [0.2, 0.25) is 21.7 Å². The van der Waals surface area contributed by atoms with Crippen LogP contribution in [0.25, 0.3) is 11.4 Å². The molecule has 0 N–H and O–H groups in total. The van der Waals surface area contributed by atoms with E-state index in [9.17, 15) is 21.6 Å². The van der Waals surface area contributed by atoms with E-state index in [0.29, 0.717) is 13.0 Å². The highest BCUT2D eigenvalue weighted by Gasteiger charge is 2.38. The highest BCUT2D eigenvalue weighted by molar-refractivity contribution is 7.89. The second-order valence-corrected chi connectivity index (χ2v) is 8.78. The predicted molar refractivity (Wildman–Crippen MR) is 87.2 cm³/mol. The summed E-state index contributed by atoms with van der Waals surface area (Å²) in [5.41, 5.74) is 0.233. The monoisotopic (exact) mass is 406 g/mol. The van der Waals surface area contributed by atoms with Crippen LogP contribution < -0.4 is 4.74 Å². The third kappa shape index (κ3) is 4.21. The van der Waals surface area contributed by atoms with E-state index in [4.69, 9.17) is 4.74 Å². The molecule has 0 bridgehead atoms. The van der Waals surface area contributed by atoms with Crippen molar-refractivity contribution < 1.29 is 30.8 Å². The predicted octanol–water partition coefficient (Wildman–Crippen LogP) is 2.34. The number of pyridine rings is 1. The van der Waals surface area contributed by atoms with Crippen molar-refractivity contribution >= 4 is 10.0 Å². The number of hydrogen-bond donors (Lipinski definition) is 0. The number of sulfonamides is 1. The van der Waals surface area contributed by atoms with Gasteiger partial charge in [0.25, 0.3) is 0 Å². The molecule has 8 nitrogen and oxygen atoms in total. The van der Waals surface area contributed by atoms with Crippen molar-refractivity contribution in [1.82, 2.24) is 19.4 Å². The van der Waals surface area contributed by atoms with Crippen LogP contribution in [0.5, 0.6) is 5.88 Å². The average molecular weight is 406 g/mol. The topological polar surface area (TPSA) is 98.4 Å². The van der Waals surface area contributed by atoms with Crippen molar-refractivity contribution in [3.8, 4) is 17.3 Å². The molecule has 3 rings (SSSR count). The van der Waals surface area contributed by atoms with Crippen molar-refractivity contribution in [2.24, 2.45) is 0 Å². The Morgan fingerprint density at radius 2 is 2.07 bits per heavy atom. The van der Waals surface area contributed by atoms with E-state index >= 15 is 0 Å². The first kappa shape index (κ1) is 19.5. The van der Waals surface area contributed by atoms with Gasteiger partial charge in [0.1, 0.15) is 6.10 Å². The van der Waals surface area contributed by atoms with Gasteiger partial charge >= 0.3 is 12.1 Å². The van der Waals surface area contributed by atoms with Gasteiger partial charge in [-0.15, -0.1) is 0 Å². The maximum absolute atomic E-state index is 12.5. The molecule has 1 saturated heterocycles. The molecular formula is C15H17F3N4O4S. The second-order valence-electron chi connectivity index (χ2n) is 6.29. The third-order valence-corrected chi connectivity index (χ3v) is 6.26. The zero-order chi connectivity index (χ0) is 19.8. The molecule has 12 heteroatoms. The van der Waals surface area contributed by atoms with Crippen molar-refractivity contribution in [2.45, 2.75) is 37.8 Å². The van der Waals surface area contributed by atoms with Crippen LogP contribution in [0.1, 0.15) is 26.2 Å². The summed E-state index contributed by atoms with van der Waals surface area (Å²) in [4.78, 5) is 7.30. The number of ether oxygens (including phenoxy) is 1. The molecule has 0 aliphatic carbocycles. The minimum atomic E-state index is -4.72. The van der Waals surface area contributed by atoms with E-state index in [0.717, 1.165) is 0 Å². The summed E-state index contributed by atoms with van der Waals surface area (Å²) in [7, 11) is -3.34. The van der Waals surface area contributed by atoms with Crippen LogP contribution in [-0.2, 0) is 16.2 Å². The second kappa shape index (κ2) is 7.08. The minimum absolute atomic E-state index is 0.226. The van der Waals surface area contributed by atoms with Gasteiger partial charge < -0.3 is 9.26 Å². The van der Waals surface area contributed by atoms with Gasteiger partial charge in [-0.2, -0.15) is 22.5 Å². The number of aromatic nitrogens is 3. The van der Waals surface area contributed by atoms with Gasteiger partial charge in [0, 0.05) is 24.4 Å². The molecule has 0 aromatic carbocycles. The zero-order valence-electron chi connectivity index (χ0n) is 14.5. The van der Waals surface area contributed by atoms with Crippen molar-refractivity contribution in [2.75, 3.05) is 13.1 Å². The molecule has 0 spiro atoms. The van der Waals surface area contributed by atoms with E-state index in [1.165, 1.54) is 22.6 Å². The lowest BCUT2D eigenvalue weighted by Crippen LogP contribution is -2.35. The molecule has 0 unspecified atom stereocenters. The van der Waals surface area contributed by atoms with Crippen LogP contribution in [0.3, 0.4) is 0 Å². The number of hydrogen-bond acceptors (Lipinski definition) is 7. The Bertz CT molecular complexity index is 897. The van der Waals surface area contributed by atoms with Crippen molar-refractivity contribution in [3.63, 3.8) is 0 Å². The van der Waals surface area contributed by atoms with Crippen LogP contribution in [-0.4, -0.2) is 52.3 Å². The summed E-state index contributed by atoms with van der Waals surface area (Å²) in [5.74, 6) is -1.45. The normalized spacial score (nSPS) is 19.0. The first-order chi connectivity index (χ1) is 12.6. The SMILES string of the molecule is CC(C)S(=O)(=O)N1CC[C@H](Oc2ccc(-c3noc(C(F)(F)F)n3)cn2)C1. The fourth-order valence-electron chi connectivity index (χ4n) is 2.53. The standard InChI is InChI=1S/C15H17F3N4O4S/c1-9(2)27(23,24)22-6-5-11(8-22)25-12-4-3-10(7-19-12)13-20-14(26-21-13)15(16,17)18/h3-4,7,9,11H,5-6,8H2,1-2H3/t11-/m0/s1. The van der Waals surface area contributed by atoms with Crippen LogP contribution in [0, 0.1) is 0 Å². The van der Waals surface area contributed by atoms with Crippen LogP contribution in [0.4, 0.5) is 13.2 Å². The Hall–Kier alpha value is -2.21. The summed E-state index contributed by atoms with van der Waals surface area (Å²) < 4.78 is 73.0. The van der Waals surface area contributed by atoms with E-state index in [1.807, 2.05) is 0 Å². The summed E-state index contributed by atoms with van der Waals surface area (Å²) >= 11 is 0. The lowest BCUT2D eigenvalue weighted by atomic mass is 10.2. The molecule has 1 aliphatic rings. The summed E-state index contributed by atoms with van der Waals surface area (Å²) in [6.45, 7) is 3.83. The quantitative estimate of drug-likeness (QED) is 0.752. The number of alkyl halides is 3. The van der Waals surface area contributed by atoms with E-state index in [2.05, 4.69) is 19.6 Å². The number of halogens is 3. The van der Waals surface area contributed by atoms with Gasteiger partial charge in [-0.1, -0.05) is 5.16 Å². The maximum atomic E-state index is 12.5. The molecule has 2 aromatic heterocycles. The average Bonchev–Trinajstić information content (AvgIpc) is 3.24. The Morgan fingerprint density at radius 3 is 2.63 bits per heavy atom. The Labute approximate surface area is 153 Å². The Balaban J connectivity index is 1.64. The van der Waals surface area contributed by atoms with Gasteiger partial charge in [-0.05, 0) is 26.3 Å². The number of nitrogens with zero attached hydrogens (tertiary/aromatic N) is 4. The smallest absolute Gasteiger partial charge is 0.471 e. The number of rotatable bonds is 5. The molecule has 0 amide bonds. The van der Waals surface area contributed by atoms with Gasteiger partial charge in [-0.3, -0.25) is 0 Å². The van der Waals surface area contributed by atoms with E-state index in [1.54, 1.807) is 13.8 Å². The van der Waals surface area contributed by atoms with E-state index in [-0.39, 0.29) is 29.9 Å². The molecule has 148 valence electrons. The van der Waals surface area contributed by atoms with Crippen molar-refractivity contribution in [3.05, 3.63) is 24.2 Å². The summed E-state index contributed by atoms with van der Waals surface area (Å²) in [6, 6.07) is 2.91. The summed E-state index contributed by atoms with van der Waals surface area (Å²) in [5, 5.41) is 2.77. The molecular weight excluding hydrogens is 389 g/mol. The largest absolute Gasteiger partial charge is 0.473 e. The van der Waals surface area contributed by atoms with Crippen LogP contribution in [0.2, 0.25) is 0 Å². The van der Waals surface area contributed by atoms with Gasteiger partial charge in [-0.25, -0.2) is 13.4 Å². The molecule has 27 heavy (non-hydrogen) atoms. The summed E-state index contributed by atoms with van der Waals surface area (Å²) in [6.07, 6.45) is -3.28. The fraction of sp³-hybridized carbons (Fsp3) is 0.533. The lowest BCUT2D eigenvalue weighted by molar-refractivity contribution is -0.159. The minimum Gasteiger partial charge on any atom is -0.473 e. The zero-order valence-corrected chi connectivity index (χ0v) is 15.3. The van der Waals surface area contributed by atoms with Crippen LogP contribution >= 0.6 is 0 Å². The Kier molecular flexibility index (Phi) is 5.12. The molecule has 1 atom stereocenters. The lowest BCUT2D eigenvalue weighted by Gasteiger charge is -2.19. The fourth-order valence-corrected chi connectivity index (χ4v) is 3.86. The first-order valence-electron chi connectivity index (χ1n) is 8.10. The van der Waals surface area contributed by atoms with E-state index < -0.39 is 27.3 Å². The van der Waals surface area contributed by atoms with Gasteiger partial charge in [0.15, 0.2) is 0 Å². The molecule has 3 heterocycles. The molecule has 1 aliphatic heterocycles. The highest BCUT2D eigenvalue weighted by atomic mass is 32.2. The molecule has 0 radical (unpaired) electrons. The molecule has 2 aromatic rings. The van der Waals surface area contributed by atoms with Gasteiger partial charge in [0.05, 0.1) is 11.8 Å². The molecule has 0 saturated carbocycles. The third-order valence-electron chi connectivity index (χ3n) is 4.01. The highest BCUT2D eigenvalue weighted by Crippen LogP contribution is 2.29.